The van der Waals surface area contributed by atoms with Crippen molar-refractivity contribution in [3.8, 4) is 0 Å². The van der Waals surface area contributed by atoms with Crippen molar-refractivity contribution in [3.63, 3.8) is 0 Å². The summed E-state index contributed by atoms with van der Waals surface area (Å²) in [7, 11) is 0. The summed E-state index contributed by atoms with van der Waals surface area (Å²) in [6.07, 6.45) is -0.719. The van der Waals surface area contributed by atoms with Crippen molar-refractivity contribution in [1.82, 2.24) is 20.0 Å². The molecular formula is C13H19N7O4S. The molecule has 0 saturated carbocycles. The Labute approximate surface area is 147 Å². The van der Waals surface area contributed by atoms with E-state index in [1.807, 2.05) is 0 Å². The zero-order valence-electron chi connectivity index (χ0n) is 13.9. The Bertz CT molecular complexity index is 711. The molecule has 0 aromatic carbocycles. The molecule has 0 radical (unpaired) electrons. The molecule has 0 bridgehead atoms. The molecule has 1 aromatic rings. The van der Waals surface area contributed by atoms with Crippen molar-refractivity contribution in [1.29, 1.82) is 5.41 Å². The number of ether oxygens (including phenoxy) is 1. The number of hydrogen-bond acceptors (Lipinski definition) is 9. The van der Waals surface area contributed by atoms with Crippen molar-refractivity contribution in [3.05, 3.63) is 5.82 Å². The lowest BCUT2D eigenvalue weighted by Gasteiger charge is -2.36. The van der Waals surface area contributed by atoms with Crippen LogP contribution in [0.3, 0.4) is 0 Å². The summed E-state index contributed by atoms with van der Waals surface area (Å²) in [5.41, 5.74) is 4.25. The molecule has 2 atom stereocenters. The summed E-state index contributed by atoms with van der Waals surface area (Å²) in [5, 5.41) is 15.2. The van der Waals surface area contributed by atoms with Crippen LogP contribution in [-0.4, -0.2) is 57.2 Å². The van der Waals surface area contributed by atoms with Crippen molar-refractivity contribution in [2.24, 2.45) is 5.73 Å². The van der Waals surface area contributed by atoms with Gasteiger partial charge in [0, 0.05) is 18.1 Å². The third kappa shape index (κ3) is 4.70. The minimum absolute atomic E-state index is 0.0861. The molecule has 2 rings (SSSR count). The number of carbonyl (C=O) groups is 3. The summed E-state index contributed by atoms with van der Waals surface area (Å²) in [6.45, 7) is 5.30. The average Bonchev–Trinajstić information content (AvgIpc) is 2.95. The lowest BCUT2D eigenvalue weighted by atomic mass is 9.99. The van der Waals surface area contributed by atoms with Gasteiger partial charge in [-0.25, -0.2) is 4.79 Å². The van der Waals surface area contributed by atoms with E-state index in [2.05, 4.69) is 25.3 Å². The predicted octanol–water partition coefficient (Wildman–Crippen LogP) is -0.805. The molecule has 2 heterocycles. The van der Waals surface area contributed by atoms with Crippen molar-refractivity contribution < 1.29 is 19.1 Å². The smallest absolute Gasteiger partial charge is 0.414 e. The van der Waals surface area contributed by atoms with Gasteiger partial charge in [0.05, 0.1) is 6.04 Å². The van der Waals surface area contributed by atoms with Crippen LogP contribution in [0.4, 0.5) is 9.93 Å². The summed E-state index contributed by atoms with van der Waals surface area (Å²) < 4.78 is 8.91. The number of hydrogen-bond donors (Lipinski definition) is 5. The maximum Gasteiger partial charge on any atom is 0.414 e. The van der Waals surface area contributed by atoms with E-state index in [9.17, 15) is 14.4 Å². The van der Waals surface area contributed by atoms with Crippen molar-refractivity contribution >= 4 is 40.3 Å². The first-order valence-electron chi connectivity index (χ1n) is 7.34. The fourth-order valence-electron chi connectivity index (χ4n) is 1.89. The molecule has 3 amide bonds. The van der Waals surface area contributed by atoms with E-state index < -0.39 is 29.4 Å². The van der Waals surface area contributed by atoms with E-state index in [1.165, 1.54) is 0 Å². The first-order chi connectivity index (χ1) is 11.6. The molecule has 0 unspecified atom stereocenters. The van der Waals surface area contributed by atoms with Gasteiger partial charge in [0.1, 0.15) is 11.6 Å². The Morgan fingerprint density at radius 1 is 1.44 bits per heavy atom. The molecule has 1 aliphatic rings. The van der Waals surface area contributed by atoms with Gasteiger partial charge < -0.3 is 21.1 Å². The molecular weight excluding hydrogens is 350 g/mol. The van der Waals surface area contributed by atoms with E-state index in [0.717, 1.165) is 11.5 Å². The third-order valence-corrected chi connectivity index (χ3v) is 3.67. The molecule has 11 nitrogen and oxygen atoms in total. The van der Waals surface area contributed by atoms with Crippen LogP contribution >= 0.6 is 11.5 Å². The number of nitrogens with one attached hydrogen (secondary N) is 4. The number of aromatic nitrogens is 2. The summed E-state index contributed by atoms with van der Waals surface area (Å²) in [4.78, 5) is 39.0. The van der Waals surface area contributed by atoms with Gasteiger partial charge in [-0.2, -0.15) is 9.36 Å². The van der Waals surface area contributed by atoms with Crippen LogP contribution in [0.5, 0.6) is 0 Å². The second-order valence-electron chi connectivity index (χ2n) is 6.23. The highest BCUT2D eigenvalue weighted by Gasteiger charge is 2.40. The second kappa shape index (κ2) is 7.11. The number of anilines is 1. The normalized spacial score (nSPS) is 19.4. The van der Waals surface area contributed by atoms with Crippen LogP contribution in [0.2, 0.25) is 0 Å². The molecule has 1 saturated heterocycles. The highest BCUT2D eigenvalue weighted by molar-refractivity contribution is 7.10. The van der Waals surface area contributed by atoms with Gasteiger partial charge in [0.25, 0.3) is 5.91 Å². The zero-order chi connectivity index (χ0) is 18.8. The predicted molar refractivity (Wildman–Crippen MR) is 89.5 cm³/mol. The number of carbonyl (C=O) groups excluding carboxylic acids is 3. The van der Waals surface area contributed by atoms with Crippen molar-refractivity contribution in [2.45, 2.75) is 38.5 Å². The number of amides is 3. The Hall–Kier alpha value is -2.60. The number of nitrogens with zero attached hydrogens (tertiary/aromatic N) is 2. The lowest BCUT2D eigenvalue weighted by molar-refractivity contribution is -0.134. The van der Waals surface area contributed by atoms with Gasteiger partial charge in [-0.1, -0.05) is 0 Å². The molecule has 1 fully saturated rings. The minimum atomic E-state index is -0.806. The molecule has 1 aromatic heterocycles. The molecule has 0 spiro atoms. The summed E-state index contributed by atoms with van der Waals surface area (Å²) in [6, 6.07) is -1.15. The highest BCUT2D eigenvalue weighted by Crippen LogP contribution is 2.14. The molecule has 12 heteroatoms. The molecule has 1 aliphatic heterocycles. The van der Waals surface area contributed by atoms with Crippen LogP contribution in [0, 0.1) is 5.41 Å². The highest BCUT2D eigenvalue weighted by atomic mass is 32.1. The van der Waals surface area contributed by atoms with Crippen LogP contribution in [0.15, 0.2) is 0 Å². The Morgan fingerprint density at radius 2 is 2.12 bits per heavy atom. The molecule has 0 aliphatic carbocycles. The topological polar surface area (TPSA) is 172 Å². The maximum absolute atomic E-state index is 12.0. The average molecular weight is 369 g/mol. The number of β-lactam (4-membered cyclic amide) rings is 1. The minimum Gasteiger partial charge on any atom is -0.444 e. The number of rotatable bonds is 5. The fraction of sp³-hybridized carbons (Fsp3) is 0.538. The van der Waals surface area contributed by atoms with Crippen LogP contribution in [0.25, 0.3) is 0 Å². The van der Waals surface area contributed by atoms with Crippen molar-refractivity contribution in [2.75, 3.05) is 11.9 Å². The molecule has 6 N–H and O–H groups in total. The van der Waals surface area contributed by atoms with E-state index in [0.29, 0.717) is 0 Å². The monoisotopic (exact) mass is 369 g/mol. The van der Waals surface area contributed by atoms with Crippen LogP contribution in [-0.2, 0) is 14.3 Å². The van der Waals surface area contributed by atoms with Gasteiger partial charge in [0.15, 0.2) is 11.5 Å². The first kappa shape index (κ1) is 18.7. The summed E-state index contributed by atoms with van der Waals surface area (Å²) in [5.74, 6) is -1.34. The fourth-order valence-corrected chi connectivity index (χ4v) is 2.45. The second-order valence-corrected chi connectivity index (χ2v) is 6.98. The zero-order valence-corrected chi connectivity index (χ0v) is 14.7. The van der Waals surface area contributed by atoms with Gasteiger partial charge in [-0.3, -0.25) is 20.3 Å². The van der Waals surface area contributed by atoms with Gasteiger partial charge in [-0.15, -0.1) is 0 Å². The molecule has 136 valence electrons. The maximum atomic E-state index is 12.0. The Balaban J connectivity index is 1.94. The number of nitrogens with two attached hydrogens (primary N) is 1. The van der Waals surface area contributed by atoms with Gasteiger partial charge in [-0.05, 0) is 20.8 Å². The Kier molecular flexibility index (Phi) is 5.33. The van der Waals surface area contributed by atoms with Crippen LogP contribution < -0.4 is 21.7 Å². The lowest BCUT2D eigenvalue weighted by Crippen LogP contribution is -2.71. The van der Waals surface area contributed by atoms with Gasteiger partial charge >= 0.3 is 6.09 Å². The Morgan fingerprint density at radius 3 is 2.68 bits per heavy atom. The van der Waals surface area contributed by atoms with Crippen LogP contribution in [0.1, 0.15) is 26.6 Å². The quantitative estimate of drug-likeness (QED) is 0.333. The first-order valence-corrected chi connectivity index (χ1v) is 8.12. The van der Waals surface area contributed by atoms with E-state index in [1.54, 1.807) is 20.8 Å². The SMILES string of the molecule is CC(C)(C)OC(=O)Nc1nc(C(=N)C(=O)N[C@@H]2C(=O)N[C@@H]2CN)ns1. The van der Waals surface area contributed by atoms with Gasteiger partial charge in [0.2, 0.25) is 11.0 Å². The van der Waals surface area contributed by atoms with E-state index in [-0.39, 0.29) is 29.4 Å². The van der Waals surface area contributed by atoms with E-state index >= 15 is 0 Å². The molecule has 25 heavy (non-hydrogen) atoms. The van der Waals surface area contributed by atoms with E-state index in [4.69, 9.17) is 15.9 Å². The third-order valence-electron chi connectivity index (χ3n) is 3.04. The standard InChI is InChI=1S/C13H19N7O4S/c1-13(2,3)24-12(23)19-11-18-8(20-25-11)6(15)9(21)17-7-5(4-14)16-10(7)22/h5,7,15H,4,14H2,1-3H3,(H,16,22)(H,17,21)(H,18,19,20,23)/t5-,7+/m1/s1. The summed E-state index contributed by atoms with van der Waals surface area (Å²) >= 11 is 0.801. The largest absolute Gasteiger partial charge is 0.444 e.